The van der Waals surface area contributed by atoms with Gasteiger partial charge in [-0.15, -0.1) is 0 Å². The Balaban J connectivity index is 2.15. The van der Waals surface area contributed by atoms with Crippen molar-refractivity contribution in [3.8, 4) is 0 Å². The average molecular weight is 262 g/mol. The van der Waals surface area contributed by atoms with Gasteiger partial charge in [0, 0.05) is 0 Å². The van der Waals surface area contributed by atoms with Gasteiger partial charge in [-0.2, -0.15) is 0 Å². The number of fused-ring (bicyclic) bond motifs is 1. The molecule has 0 bridgehead atoms. The number of unbranched alkanes of at least 4 members (excludes halogenated alkanes) is 1. The quantitative estimate of drug-likeness (QED) is 0.486. The molecule has 0 radical (unpaired) electrons. The van der Waals surface area contributed by atoms with Crippen LogP contribution in [0.15, 0.2) is 11.1 Å². The average Bonchev–Trinajstić information content (AvgIpc) is 2.68. The van der Waals surface area contributed by atoms with Crippen molar-refractivity contribution in [3.05, 3.63) is 11.1 Å². The Hall–Kier alpha value is -0.260. The second-order valence-electron chi connectivity index (χ2n) is 6.88. The first-order valence-corrected chi connectivity index (χ1v) is 9.07. The largest absolute Gasteiger partial charge is 0.0707 e. The maximum Gasteiger partial charge on any atom is -0.0172 e. The van der Waals surface area contributed by atoms with Gasteiger partial charge in [-0.25, -0.2) is 0 Å². The molecule has 0 N–H and O–H groups in total. The Bertz CT molecular complexity index is 286. The van der Waals surface area contributed by atoms with Crippen LogP contribution in [0, 0.1) is 11.8 Å². The molecule has 0 aliphatic heterocycles. The lowest BCUT2D eigenvalue weighted by atomic mass is 9.71. The lowest BCUT2D eigenvalue weighted by Crippen LogP contribution is -2.22. The summed E-state index contributed by atoms with van der Waals surface area (Å²) in [5, 5.41) is 0. The van der Waals surface area contributed by atoms with Crippen molar-refractivity contribution < 1.29 is 0 Å². The molecule has 0 heterocycles. The van der Waals surface area contributed by atoms with Crippen molar-refractivity contribution in [2.75, 3.05) is 0 Å². The summed E-state index contributed by atoms with van der Waals surface area (Å²) in [5.41, 5.74) is 3.84. The van der Waals surface area contributed by atoms with Crippen LogP contribution in [0.3, 0.4) is 0 Å². The molecule has 2 atom stereocenters. The van der Waals surface area contributed by atoms with E-state index in [2.05, 4.69) is 13.8 Å². The summed E-state index contributed by atoms with van der Waals surface area (Å²) < 4.78 is 0. The molecule has 110 valence electrons. The van der Waals surface area contributed by atoms with E-state index in [9.17, 15) is 0 Å². The molecule has 0 saturated heterocycles. The van der Waals surface area contributed by atoms with Gasteiger partial charge in [0.15, 0.2) is 0 Å². The van der Waals surface area contributed by atoms with Crippen LogP contribution in [-0.4, -0.2) is 0 Å². The summed E-state index contributed by atoms with van der Waals surface area (Å²) in [4.78, 5) is 0. The Labute approximate surface area is 121 Å². The lowest BCUT2D eigenvalue weighted by Gasteiger charge is -2.35. The topological polar surface area (TPSA) is 0 Å². The van der Waals surface area contributed by atoms with Gasteiger partial charge in [0.25, 0.3) is 0 Å². The normalized spacial score (nSPS) is 30.6. The zero-order valence-electron chi connectivity index (χ0n) is 13.3. The predicted molar refractivity (Wildman–Crippen MR) is 85.4 cm³/mol. The van der Waals surface area contributed by atoms with Crippen LogP contribution in [-0.2, 0) is 0 Å². The highest BCUT2D eigenvalue weighted by Crippen LogP contribution is 2.44. The minimum absolute atomic E-state index is 0.995. The van der Waals surface area contributed by atoms with Crippen LogP contribution in [0.1, 0.15) is 97.3 Å². The third-order valence-electron chi connectivity index (χ3n) is 5.47. The fourth-order valence-corrected chi connectivity index (χ4v) is 4.51. The third kappa shape index (κ3) is 4.10. The Morgan fingerprint density at radius 1 is 0.895 bits per heavy atom. The molecule has 0 aromatic rings. The molecular formula is C19H34. The van der Waals surface area contributed by atoms with Crippen LogP contribution < -0.4 is 0 Å². The number of hydrogen-bond acceptors (Lipinski definition) is 0. The molecule has 0 heteroatoms. The van der Waals surface area contributed by atoms with Gasteiger partial charge in [0.1, 0.15) is 0 Å². The van der Waals surface area contributed by atoms with Crippen molar-refractivity contribution in [3.63, 3.8) is 0 Å². The van der Waals surface area contributed by atoms with Gasteiger partial charge >= 0.3 is 0 Å². The van der Waals surface area contributed by atoms with Crippen LogP contribution in [0.4, 0.5) is 0 Å². The van der Waals surface area contributed by atoms with E-state index in [4.69, 9.17) is 0 Å². The first-order chi connectivity index (χ1) is 9.36. The smallest absolute Gasteiger partial charge is 0.0172 e. The number of rotatable bonds is 5. The second-order valence-corrected chi connectivity index (χ2v) is 6.88. The third-order valence-corrected chi connectivity index (χ3v) is 5.47. The maximum absolute atomic E-state index is 2.36. The molecule has 0 aromatic heterocycles. The fourth-order valence-electron chi connectivity index (χ4n) is 4.51. The Morgan fingerprint density at radius 2 is 1.68 bits per heavy atom. The zero-order chi connectivity index (χ0) is 13.5. The minimum Gasteiger partial charge on any atom is -0.0707 e. The molecule has 19 heavy (non-hydrogen) atoms. The van der Waals surface area contributed by atoms with Crippen molar-refractivity contribution in [1.29, 1.82) is 0 Å². The van der Waals surface area contributed by atoms with E-state index < -0.39 is 0 Å². The summed E-state index contributed by atoms with van der Waals surface area (Å²) in [6, 6.07) is 0. The predicted octanol–water partition coefficient (Wildman–Crippen LogP) is 6.65. The summed E-state index contributed by atoms with van der Waals surface area (Å²) in [6.45, 7) is 4.70. The summed E-state index contributed by atoms with van der Waals surface area (Å²) >= 11 is 0. The fraction of sp³-hybridized carbons (Fsp3) is 0.895. The summed E-state index contributed by atoms with van der Waals surface area (Å²) in [5.74, 6) is 2.05. The molecule has 0 aromatic carbocycles. The van der Waals surface area contributed by atoms with Crippen molar-refractivity contribution >= 4 is 0 Å². The first-order valence-electron chi connectivity index (χ1n) is 9.07. The van der Waals surface area contributed by atoms with E-state index in [1.165, 1.54) is 83.5 Å². The molecular weight excluding hydrogens is 228 g/mol. The van der Waals surface area contributed by atoms with E-state index in [1.807, 2.05) is 11.1 Å². The molecule has 2 aliphatic carbocycles. The first kappa shape index (κ1) is 15.1. The van der Waals surface area contributed by atoms with Gasteiger partial charge in [0.05, 0.1) is 0 Å². The van der Waals surface area contributed by atoms with E-state index in [-0.39, 0.29) is 0 Å². The highest BCUT2D eigenvalue weighted by atomic mass is 14.4. The number of allylic oxidation sites excluding steroid dienone is 2. The molecule has 2 unspecified atom stereocenters. The number of hydrogen-bond donors (Lipinski definition) is 0. The summed E-state index contributed by atoms with van der Waals surface area (Å²) in [7, 11) is 0. The molecule has 0 nitrogen and oxygen atoms in total. The van der Waals surface area contributed by atoms with Gasteiger partial charge in [-0.05, 0) is 63.2 Å². The molecule has 0 spiro atoms. The van der Waals surface area contributed by atoms with Gasteiger partial charge in [0.2, 0.25) is 0 Å². The molecule has 2 fully saturated rings. The van der Waals surface area contributed by atoms with Crippen LogP contribution in [0.25, 0.3) is 0 Å². The minimum atomic E-state index is 0.995. The Kier molecular flexibility index (Phi) is 6.47. The molecule has 2 rings (SSSR count). The van der Waals surface area contributed by atoms with Crippen molar-refractivity contribution in [2.24, 2.45) is 11.8 Å². The standard InChI is InChI=1S/C19H34/c1-3-5-11-16(10-4-2)19-15-9-13-17-12-7-6-8-14-18(17)19/h17-18H,3-15H2,1-2H3/b19-16-. The molecule has 2 saturated carbocycles. The highest BCUT2D eigenvalue weighted by Gasteiger charge is 2.31. The van der Waals surface area contributed by atoms with E-state index in [0.29, 0.717) is 0 Å². The van der Waals surface area contributed by atoms with Crippen LogP contribution in [0.2, 0.25) is 0 Å². The van der Waals surface area contributed by atoms with Crippen LogP contribution >= 0.6 is 0 Å². The van der Waals surface area contributed by atoms with E-state index >= 15 is 0 Å². The maximum atomic E-state index is 2.36. The van der Waals surface area contributed by atoms with Crippen molar-refractivity contribution in [2.45, 2.75) is 97.3 Å². The summed E-state index contributed by atoms with van der Waals surface area (Å²) in [6.07, 6.45) is 18.9. The highest BCUT2D eigenvalue weighted by molar-refractivity contribution is 5.20. The monoisotopic (exact) mass is 262 g/mol. The van der Waals surface area contributed by atoms with Crippen LogP contribution in [0.5, 0.6) is 0 Å². The Morgan fingerprint density at radius 3 is 2.47 bits per heavy atom. The second kappa shape index (κ2) is 8.12. The van der Waals surface area contributed by atoms with Crippen molar-refractivity contribution in [1.82, 2.24) is 0 Å². The van der Waals surface area contributed by atoms with E-state index in [0.717, 1.165) is 11.8 Å². The molecule has 0 amide bonds. The van der Waals surface area contributed by atoms with Gasteiger partial charge in [-0.3, -0.25) is 0 Å². The SMILES string of the molecule is CCCC/C(CCC)=C1/CCCC2CCCCCC12. The zero-order valence-corrected chi connectivity index (χ0v) is 13.3. The van der Waals surface area contributed by atoms with Gasteiger partial charge < -0.3 is 0 Å². The molecule has 2 aliphatic rings. The lowest BCUT2D eigenvalue weighted by molar-refractivity contribution is 0.283. The van der Waals surface area contributed by atoms with Gasteiger partial charge in [-0.1, -0.05) is 57.1 Å². The van der Waals surface area contributed by atoms with E-state index in [1.54, 1.807) is 0 Å².